The van der Waals surface area contributed by atoms with Crippen LogP contribution in [0.1, 0.15) is 5.56 Å². The molecule has 1 aliphatic heterocycles. The molecule has 21 heavy (non-hydrogen) atoms. The molecule has 0 N–H and O–H groups in total. The highest BCUT2D eigenvalue weighted by molar-refractivity contribution is 6.05. The topological polar surface area (TPSA) is 58.6 Å². The number of carbonyl (C=O) groups is 1. The maximum atomic E-state index is 14.2. The van der Waals surface area contributed by atoms with Crippen LogP contribution in [0, 0.1) is 5.82 Å². The highest BCUT2D eigenvalue weighted by Crippen LogP contribution is 2.36. The van der Waals surface area contributed by atoms with E-state index >= 15 is 0 Å². The van der Waals surface area contributed by atoms with Crippen molar-refractivity contribution in [3.8, 4) is 5.75 Å². The summed E-state index contributed by atoms with van der Waals surface area (Å²) in [5, 5.41) is 0. The minimum atomic E-state index is -0.517. The number of para-hydroxylation sites is 1. The number of hydrogen-bond acceptors (Lipinski definition) is 4. The third-order valence-corrected chi connectivity index (χ3v) is 3.37. The second-order valence-electron chi connectivity index (χ2n) is 4.59. The lowest BCUT2D eigenvalue weighted by Gasteiger charge is -2.34. The number of methoxy groups -OCH3 is 1. The summed E-state index contributed by atoms with van der Waals surface area (Å²) in [6, 6.07) is 4.07. The van der Waals surface area contributed by atoms with Crippen LogP contribution in [0.15, 0.2) is 30.7 Å². The number of carbonyl (C=O) groups excluding carboxylic acids is 1. The highest BCUT2D eigenvalue weighted by Gasteiger charge is 2.33. The Morgan fingerprint density at radius 2 is 2.19 bits per heavy atom. The summed E-state index contributed by atoms with van der Waals surface area (Å²) in [4.78, 5) is 23.2. The van der Waals surface area contributed by atoms with Crippen LogP contribution >= 0.6 is 0 Å². The number of anilines is 2. The van der Waals surface area contributed by atoms with E-state index in [0.717, 1.165) is 5.56 Å². The Morgan fingerprint density at radius 1 is 1.38 bits per heavy atom. The minimum Gasteiger partial charge on any atom is -0.494 e. The molecule has 108 valence electrons. The summed E-state index contributed by atoms with van der Waals surface area (Å²) in [5.41, 5.74) is 0.858. The number of hydrogen-bond donors (Lipinski definition) is 0. The maximum Gasteiger partial charge on any atom is 0.330 e. The average Bonchev–Trinajstić information content (AvgIpc) is 2.51. The van der Waals surface area contributed by atoms with Crippen molar-refractivity contribution in [1.29, 1.82) is 0 Å². The van der Waals surface area contributed by atoms with Crippen molar-refractivity contribution >= 4 is 17.5 Å². The molecule has 1 aliphatic rings. The normalized spacial score (nSPS) is 14.1. The van der Waals surface area contributed by atoms with Crippen molar-refractivity contribution in [2.24, 2.45) is 0 Å². The first-order valence-corrected chi connectivity index (χ1v) is 6.30. The molecule has 0 atom stereocenters. The summed E-state index contributed by atoms with van der Waals surface area (Å²) in [5.74, 6) is 0.315. The quantitative estimate of drug-likeness (QED) is 0.850. The molecule has 3 rings (SSSR count). The zero-order valence-corrected chi connectivity index (χ0v) is 11.6. The van der Waals surface area contributed by atoms with E-state index in [0.29, 0.717) is 11.6 Å². The monoisotopic (exact) mass is 288 g/mol. The smallest absolute Gasteiger partial charge is 0.330 e. The van der Waals surface area contributed by atoms with Crippen LogP contribution in [0.3, 0.4) is 0 Å². The molecule has 0 bridgehead atoms. The first-order chi connectivity index (χ1) is 10.1. The van der Waals surface area contributed by atoms with Crippen molar-refractivity contribution in [3.63, 3.8) is 0 Å². The molecule has 0 radical (unpaired) electrons. The van der Waals surface area contributed by atoms with E-state index in [-0.39, 0.29) is 18.3 Å². The summed E-state index contributed by atoms with van der Waals surface area (Å²) in [7, 11) is 3.03. The fraction of sp³-hybridized carbons (Fsp3) is 0.214. The van der Waals surface area contributed by atoms with Crippen molar-refractivity contribution in [3.05, 3.63) is 42.1 Å². The van der Waals surface area contributed by atoms with Gasteiger partial charge in [-0.1, -0.05) is 6.07 Å². The van der Waals surface area contributed by atoms with Crippen molar-refractivity contribution in [2.75, 3.05) is 24.0 Å². The second-order valence-corrected chi connectivity index (χ2v) is 4.59. The molecule has 7 heteroatoms. The number of amides is 2. The van der Waals surface area contributed by atoms with Crippen LogP contribution < -0.4 is 14.5 Å². The third kappa shape index (κ3) is 2.06. The molecule has 1 aromatic carbocycles. The molecule has 0 saturated heterocycles. The van der Waals surface area contributed by atoms with Gasteiger partial charge < -0.3 is 4.74 Å². The van der Waals surface area contributed by atoms with Gasteiger partial charge in [0, 0.05) is 18.8 Å². The van der Waals surface area contributed by atoms with Crippen LogP contribution in [0.2, 0.25) is 0 Å². The predicted molar refractivity (Wildman–Crippen MR) is 75.0 cm³/mol. The van der Waals surface area contributed by atoms with E-state index < -0.39 is 5.82 Å². The van der Waals surface area contributed by atoms with Gasteiger partial charge in [0.05, 0.1) is 13.7 Å². The molecule has 6 nitrogen and oxygen atoms in total. The van der Waals surface area contributed by atoms with E-state index in [1.165, 1.54) is 35.4 Å². The van der Waals surface area contributed by atoms with Crippen molar-refractivity contribution in [2.45, 2.75) is 6.54 Å². The molecule has 2 heterocycles. The Bertz CT molecular complexity index is 707. The van der Waals surface area contributed by atoms with E-state index in [2.05, 4.69) is 9.97 Å². The molecule has 0 saturated carbocycles. The summed E-state index contributed by atoms with van der Waals surface area (Å²) >= 11 is 0. The Balaban J connectivity index is 2.11. The molecule has 0 unspecified atom stereocenters. The van der Waals surface area contributed by atoms with E-state index in [1.807, 2.05) is 0 Å². The fourth-order valence-corrected chi connectivity index (χ4v) is 2.37. The van der Waals surface area contributed by atoms with Crippen LogP contribution in [0.5, 0.6) is 5.75 Å². The van der Waals surface area contributed by atoms with E-state index in [9.17, 15) is 9.18 Å². The van der Waals surface area contributed by atoms with Gasteiger partial charge in [-0.25, -0.2) is 19.2 Å². The number of nitrogens with zero attached hydrogens (tertiary/aromatic N) is 4. The Hall–Kier alpha value is -2.70. The third-order valence-electron chi connectivity index (χ3n) is 3.37. The summed E-state index contributed by atoms with van der Waals surface area (Å²) in [6.45, 7) is 0.191. The number of halogens is 1. The Labute approximate surface area is 120 Å². The van der Waals surface area contributed by atoms with Gasteiger partial charge in [0.15, 0.2) is 5.82 Å². The molecule has 0 aliphatic carbocycles. The van der Waals surface area contributed by atoms with Crippen LogP contribution in [0.25, 0.3) is 0 Å². The van der Waals surface area contributed by atoms with Crippen LogP contribution in [-0.4, -0.2) is 30.2 Å². The predicted octanol–water partition coefficient (Wildman–Crippen LogP) is 2.20. The number of ether oxygens (including phenoxy) is 1. The number of aromatic nitrogens is 2. The lowest BCUT2D eigenvalue weighted by Crippen LogP contribution is -2.46. The molecular formula is C14H13FN4O2. The minimum absolute atomic E-state index is 0.117. The molecule has 2 aromatic rings. The van der Waals surface area contributed by atoms with Gasteiger partial charge in [0.25, 0.3) is 0 Å². The number of rotatable bonds is 2. The van der Waals surface area contributed by atoms with Crippen molar-refractivity contribution in [1.82, 2.24) is 9.97 Å². The van der Waals surface area contributed by atoms with Gasteiger partial charge in [-0.2, -0.15) is 0 Å². The van der Waals surface area contributed by atoms with Gasteiger partial charge in [-0.05, 0) is 12.1 Å². The summed E-state index contributed by atoms with van der Waals surface area (Å²) in [6.07, 6.45) is 2.99. The Kier molecular flexibility index (Phi) is 3.17. The lowest BCUT2D eigenvalue weighted by atomic mass is 10.2. The first-order valence-electron chi connectivity index (χ1n) is 6.30. The number of fused-ring (bicyclic) bond motifs is 1. The number of urea groups is 1. The Morgan fingerprint density at radius 3 is 2.95 bits per heavy atom. The molecule has 2 amide bonds. The van der Waals surface area contributed by atoms with Gasteiger partial charge in [0.2, 0.25) is 0 Å². The highest BCUT2D eigenvalue weighted by atomic mass is 19.1. The van der Waals surface area contributed by atoms with Gasteiger partial charge in [-0.15, -0.1) is 0 Å². The lowest BCUT2D eigenvalue weighted by molar-refractivity contribution is 0.250. The fourth-order valence-electron chi connectivity index (χ4n) is 2.37. The zero-order chi connectivity index (χ0) is 15.0. The molecule has 0 fully saturated rings. The van der Waals surface area contributed by atoms with Crippen molar-refractivity contribution < 1.29 is 13.9 Å². The van der Waals surface area contributed by atoms with Gasteiger partial charge in [0.1, 0.15) is 23.6 Å². The van der Waals surface area contributed by atoms with Gasteiger partial charge >= 0.3 is 6.03 Å². The average molecular weight is 288 g/mol. The van der Waals surface area contributed by atoms with Crippen LogP contribution in [0.4, 0.5) is 20.7 Å². The SMILES string of the molecule is COc1cccc(F)c1N1Cc2cncnc2N(C)C1=O. The standard InChI is InChI=1S/C14H13FN4O2/c1-18-13-9(6-16-8-17-13)7-19(14(18)20)12-10(15)4-3-5-11(12)21-2/h3-6,8H,7H2,1-2H3. The summed E-state index contributed by atoms with van der Waals surface area (Å²) < 4.78 is 19.3. The maximum absolute atomic E-state index is 14.2. The molecule has 0 spiro atoms. The van der Waals surface area contributed by atoms with E-state index in [1.54, 1.807) is 19.3 Å². The van der Waals surface area contributed by atoms with E-state index in [4.69, 9.17) is 4.74 Å². The zero-order valence-electron chi connectivity index (χ0n) is 11.6. The number of benzene rings is 1. The first kappa shape index (κ1) is 13.3. The molecule has 1 aromatic heterocycles. The largest absolute Gasteiger partial charge is 0.494 e. The van der Waals surface area contributed by atoms with Crippen LogP contribution in [-0.2, 0) is 6.54 Å². The molecular weight excluding hydrogens is 275 g/mol. The second kappa shape index (κ2) is 5.01. The van der Waals surface area contributed by atoms with Gasteiger partial charge in [-0.3, -0.25) is 9.80 Å².